The standard InChI is InChI=1S/C15H24F5NO2Si/c1-5-24(3,4)12-8-6-7-11(9-12)21(2)13(22)14(17,23-10-16)15(18,19)20/h5,11-12H,1,6-10H2,2-4H3. The third-order valence-corrected chi connectivity index (χ3v) is 8.67. The molecule has 1 fully saturated rings. The minimum absolute atomic E-state index is 0.242. The van der Waals surface area contributed by atoms with Crippen molar-refractivity contribution in [3.63, 3.8) is 0 Å². The first kappa shape index (κ1) is 21.1. The van der Waals surface area contributed by atoms with E-state index in [-0.39, 0.29) is 5.54 Å². The van der Waals surface area contributed by atoms with Gasteiger partial charge in [-0.25, -0.2) is 4.39 Å². The molecule has 140 valence electrons. The van der Waals surface area contributed by atoms with E-state index in [0.717, 1.165) is 24.8 Å². The molecule has 3 unspecified atom stereocenters. The summed E-state index contributed by atoms with van der Waals surface area (Å²) >= 11 is 0. The van der Waals surface area contributed by atoms with Gasteiger partial charge in [0.1, 0.15) is 0 Å². The van der Waals surface area contributed by atoms with Gasteiger partial charge in [0.15, 0.2) is 6.86 Å². The Morgan fingerprint density at radius 2 is 1.92 bits per heavy atom. The second-order valence-electron chi connectivity index (χ2n) is 6.81. The van der Waals surface area contributed by atoms with E-state index in [1.807, 2.05) is 5.70 Å². The van der Waals surface area contributed by atoms with Crippen molar-refractivity contribution in [2.45, 2.75) is 62.4 Å². The van der Waals surface area contributed by atoms with E-state index in [1.54, 1.807) is 0 Å². The quantitative estimate of drug-likeness (QED) is 0.511. The molecule has 0 aliphatic heterocycles. The first-order valence-corrected chi connectivity index (χ1v) is 10.9. The average molecular weight is 373 g/mol. The fraction of sp³-hybridized carbons (Fsp3) is 0.800. The Morgan fingerprint density at radius 3 is 2.38 bits per heavy atom. The molecule has 0 saturated heterocycles. The summed E-state index contributed by atoms with van der Waals surface area (Å²) < 4.78 is 68.5. The molecule has 1 amide bonds. The Kier molecular flexibility index (Phi) is 6.60. The number of likely N-dealkylation sites (N-methyl/N-ethyl adjacent to an activating group) is 1. The van der Waals surface area contributed by atoms with Crippen molar-refractivity contribution in [2.24, 2.45) is 0 Å². The summed E-state index contributed by atoms with van der Waals surface area (Å²) in [4.78, 5) is 12.8. The normalized spacial score (nSPS) is 25.0. The number of hydrogen-bond donors (Lipinski definition) is 0. The molecule has 0 aromatic rings. The average Bonchev–Trinajstić information content (AvgIpc) is 2.52. The van der Waals surface area contributed by atoms with Crippen LogP contribution in [0.3, 0.4) is 0 Å². The van der Waals surface area contributed by atoms with Gasteiger partial charge in [0.25, 0.3) is 5.91 Å². The van der Waals surface area contributed by atoms with Gasteiger partial charge in [0, 0.05) is 13.1 Å². The van der Waals surface area contributed by atoms with Crippen LogP contribution in [-0.2, 0) is 9.53 Å². The summed E-state index contributed by atoms with van der Waals surface area (Å²) in [6.45, 7) is 5.96. The van der Waals surface area contributed by atoms with Crippen LogP contribution >= 0.6 is 0 Å². The highest BCUT2D eigenvalue weighted by Gasteiger charge is 2.65. The smallest absolute Gasteiger partial charge is 0.337 e. The van der Waals surface area contributed by atoms with E-state index in [1.165, 1.54) is 0 Å². The fourth-order valence-corrected chi connectivity index (χ4v) is 5.25. The van der Waals surface area contributed by atoms with Crippen LogP contribution in [0.15, 0.2) is 12.3 Å². The molecule has 0 bridgehead atoms. The molecule has 1 aliphatic carbocycles. The number of rotatable bonds is 6. The Labute approximate surface area is 139 Å². The largest absolute Gasteiger partial charge is 0.458 e. The molecule has 0 aromatic carbocycles. The van der Waals surface area contributed by atoms with Gasteiger partial charge in [-0.3, -0.25) is 9.53 Å². The van der Waals surface area contributed by atoms with Crippen LogP contribution < -0.4 is 0 Å². The Hall–Kier alpha value is -0.963. The van der Waals surface area contributed by atoms with E-state index in [4.69, 9.17) is 0 Å². The predicted molar refractivity (Wildman–Crippen MR) is 83.4 cm³/mol. The lowest BCUT2D eigenvalue weighted by atomic mass is 9.93. The van der Waals surface area contributed by atoms with E-state index in [9.17, 15) is 26.7 Å². The van der Waals surface area contributed by atoms with Crippen molar-refractivity contribution < 1.29 is 31.5 Å². The summed E-state index contributed by atoms with van der Waals surface area (Å²) in [5.74, 6) is -6.56. The summed E-state index contributed by atoms with van der Waals surface area (Å²) in [6, 6.07) is -0.538. The summed E-state index contributed by atoms with van der Waals surface area (Å²) in [6.07, 6.45) is -3.05. The van der Waals surface area contributed by atoms with Crippen LogP contribution in [0.1, 0.15) is 25.7 Å². The maximum Gasteiger partial charge on any atom is 0.458 e. The molecule has 1 aliphatic rings. The number of carbonyl (C=O) groups is 1. The molecule has 0 heterocycles. The Balaban J connectivity index is 2.97. The van der Waals surface area contributed by atoms with Gasteiger partial charge >= 0.3 is 12.0 Å². The van der Waals surface area contributed by atoms with Gasteiger partial charge in [-0.15, -0.1) is 12.3 Å². The van der Waals surface area contributed by atoms with Gasteiger partial charge in [0.05, 0.1) is 8.07 Å². The lowest BCUT2D eigenvalue weighted by Gasteiger charge is -2.41. The molecule has 0 spiro atoms. The second kappa shape index (κ2) is 7.51. The number of amides is 1. The van der Waals surface area contributed by atoms with Gasteiger partial charge in [-0.2, -0.15) is 17.6 Å². The Bertz CT molecular complexity index is 471. The highest BCUT2D eigenvalue weighted by atomic mass is 28.3. The van der Waals surface area contributed by atoms with Crippen molar-refractivity contribution in [2.75, 3.05) is 13.9 Å². The zero-order chi connectivity index (χ0) is 18.8. The second-order valence-corrected chi connectivity index (χ2v) is 11.7. The highest BCUT2D eigenvalue weighted by molar-refractivity contribution is 6.83. The topological polar surface area (TPSA) is 29.5 Å². The third kappa shape index (κ3) is 4.16. The lowest BCUT2D eigenvalue weighted by Crippen LogP contribution is -2.58. The van der Waals surface area contributed by atoms with Gasteiger partial charge in [-0.1, -0.05) is 25.9 Å². The van der Waals surface area contributed by atoms with Crippen molar-refractivity contribution in [1.29, 1.82) is 0 Å². The molecule has 24 heavy (non-hydrogen) atoms. The molecule has 0 radical (unpaired) electrons. The fourth-order valence-electron chi connectivity index (χ4n) is 3.09. The summed E-state index contributed by atoms with van der Waals surface area (Å²) in [7, 11) is -0.667. The summed E-state index contributed by atoms with van der Waals surface area (Å²) in [5, 5.41) is 0. The van der Waals surface area contributed by atoms with E-state index in [0.29, 0.717) is 12.8 Å². The summed E-state index contributed by atoms with van der Waals surface area (Å²) in [5.41, 5.74) is 2.15. The number of hydrogen-bond acceptors (Lipinski definition) is 2. The highest BCUT2D eigenvalue weighted by Crippen LogP contribution is 2.41. The van der Waals surface area contributed by atoms with E-state index >= 15 is 0 Å². The lowest BCUT2D eigenvalue weighted by molar-refractivity contribution is -0.327. The zero-order valence-electron chi connectivity index (χ0n) is 14.1. The van der Waals surface area contributed by atoms with Crippen molar-refractivity contribution in [3.05, 3.63) is 12.3 Å². The molecular formula is C15H24F5NO2Si. The van der Waals surface area contributed by atoms with Gasteiger partial charge < -0.3 is 4.90 Å². The number of alkyl halides is 5. The molecule has 0 N–H and O–H groups in total. The van der Waals surface area contributed by atoms with Crippen molar-refractivity contribution >= 4 is 14.0 Å². The molecular weight excluding hydrogens is 349 g/mol. The van der Waals surface area contributed by atoms with Gasteiger partial charge in [-0.05, 0) is 18.4 Å². The maximum absolute atomic E-state index is 14.1. The molecule has 9 heteroatoms. The number of nitrogens with zero attached hydrogens (tertiary/aromatic N) is 1. The van der Waals surface area contributed by atoms with Crippen LogP contribution in [-0.4, -0.2) is 50.9 Å². The van der Waals surface area contributed by atoms with E-state index in [2.05, 4.69) is 24.4 Å². The van der Waals surface area contributed by atoms with Crippen LogP contribution in [0, 0.1) is 0 Å². The molecule has 1 saturated carbocycles. The van der Waals surface area contributed by atoms with Crippen LogP contribution in [0.5, 0.6) is 0 Å². The Morgan fingerprint density at radius 1 is 1.33 bits per heavy atom. The number of ether oxygens (including phenoxy) is 1. The number of halogens is 5. The zero-order valence-corrected chi connectivity index (χ0v) is 15.1. The first-order valence-electron chi connectivity index (χ1n) is 7.77. The van der Waals surface area contributed by atoms with Crippen LogP contribution in [0.4, 0.5) is 22.0 Å². The molecule has 0 aromatic heterocycles. The van der Waals surface area contributed by atoms with E-state index < -0.39 is 38.9 Å². The molecule has 3 nitrogen and oxygen atoms in total. The van der Waals surface area contributed by atoms with Crippen molar-refractivity contribution in [3.8, 4) is 0 Å². The van der Waals surface area contributed by atoms with Crippen LogP contribution in [0.25, 0.3) is 0 Å². The monoisotopic (exact) mass is 373 g/mol. The third-order valence-electron chi connectivity index (χ3n) is 4.99. The molecule has 1 rings (SSSR count). The maximum atomic E-state index is 14.1. The van der Waals surface area contributed by atoms with Crippen LogP contribution in [0.2, 0.25) is 18.6 Å². The van der Waals surface area contributed by atoms with Crippen molar-refractivity contribution in [1.82, 2.24) is 4.90 Å². The first-order chi connectivity index (χ1) is 10.9. The SMILES string of the molecule is C=C[Si](C)(C)C1CCCC(N(C)C(=O)C(F)(OCF)C(F)(F)F)C1. The predicted octanol–water partition coefficient (Wildman–Crippen LogP) is 4.36. The number of carbonyl (C=O) groups excluding carboxylic acids is 1. The minimum Gasteiger partial charge on any atom is -0.337 e. The van der Waals surface area contributed by atoms with Gasteiger partial charge in [0.2, 0.25) is 0 Å². The minimum atomic E-state index is -5.65. The molecule has 3 atom stereocenters.